The van der Waals surface area contributed by atoms with Gasteiger partial charge in [0.2, 0.25) is 23.6 Å². The monoisotopic (exact) mass is 469 g/mol. The van der Waals surface area contributed by atoms with E-state index in [9.17, 15) is 28.8 Å². The summed E-state index contributed by atoms with van der Waals surface area (Å²) in [7, 11) is 0. The van der Waals surface area contributed by atoms with Crippen LogP contribution in [0.2, 0.25) is 0 Å². The third-order valence-electron chi connectivity index (χ3n) is 4.39. The number of hydrogen-bond donors (Lipinski definition) is 8. The zero-order valence-corrected chi connectivity index (χ0v) is 17.7. The predicted octanol–water partition coefficient (Wildman–Crippen LogP) is -3.42. The summed E-state index contributed by atoms with van der Waals surface area (Å²) < 4.78 is 0. The number of carboxylic acid groups (broad SMARTS) is 2. The molecule has 0 aliphatic rings. The lowest BCUT2D eigenvalue weighted by Gasteiger charge is -2.23. The smallest absolute Gasteiger partial charge is 0.326 e. The van der Waals surface area contributed by atoms with Crippen molar-refractivity contribution in [1.29, 1.82) is 0 Å². The third-order valence-corrected chi connectivity index (χ3v) is 4.39. The number of imidazole rings is 1. The fourth-order valence-electron chi connectivity index (χ4n) is 2.61. The van der Waals surface area contributed by atoms with Gasteiger partial charge in [0.1, 0.15) is 18.1 Å². The molecule has 0 aliphatic heterocycles. The number of nitrogens with one attached hydrogen (secondary N) is 4. The van der Waals surface area contributed by atoms with Gasteiger partial charge in [-0.1, -0.05) is 0 Å². The van der Waals surface area contributed by atoms with Crippen LogP contribution in [0.3, 0.4) is 0 Å². The normalized spacial score (nSPS) is 14.2. The number of amides is 4. The number of nitrogens with two attached hydrogens (primary N) is 2. The summed E-state index contributed by atoms with van der Waals surface area (Å²) in [6, 6.07) is -5.33. The lowest BCUT2D eigenvalue weighted by molar-refractivity contribution is -0.147. The number of H-pyrrole nitrogens is 1. The molecule has 4 unspecified atom stereocenters. The highest BCUT2D eigenvalue weighted by atomic mass is 16.4. The molecule has 1 rings (SSSR count). The van der Waals surface area contributed by atoms with Crippen molar-refractivity contribution in [3.8, 4) is 0 Å². The van der Waals surface area contributed by atoms with Gasteiger partial charge >= 0.3 is 11.9 Å². The molecule has 1 aromatic rings. The van der Waals surface area contributed by atoms with Crippen LogP contribution < -0.4 is 27.4 Å². The SMILES string of the molecule is CC(NC(=O)C(CCC(N)=O)NC(=O)C(N)Cc1cnc[nH]1)C(=O)NC(CC(=O)O)C(=O)O. The summed E-state index contributed by atoms with van der Waals surface area (Å²) in [6.07, 6.45) is 1.66. The van der Waals surface area contributed by atoms with Crippen molar-refractivity contribution in [2.24, 2.45) is 11.5 Å². The van der Waals surface area contributed by atoms with Gasteiger partial charge < -0.3 is 42.6 Å². The molecule has 0 saturated heterocycles. The van der Waals surface area contributed by atoms with E-state index >= 15 is 0 Å². The number of rotatable bonds is 14. The van der Waals surface area contributed by atoms with Crippen LogP contribution in [0.1, 0.15) is 31.9 Å². The van der Waals surface area contributed by atoms with Crippen molar-refractivity contribution in [2.45, 2.75) is 56.8 Å². The van der Waals surface area contributed by atoms with E-state index in [0.717, 1.165) is 0 Å². The van der Waals surface area contributed by atoms with Gasteiger partial charge in [-0.15, -0.1) is 0 Å². The number of aliphatic carboxylic acids is 2. The third kappa shape index (κ3) is 9.77. The minimum atomic E-state index is -1.71. The van der Waals surface area contributed by atoms with Crippen molar-refractivity contribution in [3.05, 3.63) is 18.2 Å². The molecule has 0 aliphatic carbocycles. The second-order valence-electron chi connectivity index (χ2n) is 7.18. The zero-order chi connectivity index (χ0) is 25.1. The lowest BCUT2D eigenvalue weighted by Crippen LogP contribution is -2.56. The molecule has 0 aromatic carbocycles. The summed E-state index contributed by atoms with van der Waals surface area (Å²) in [4.78, 5) is 76.8. The average molecular weight is 469 g/mol. The van der Waals surface area contributed by atoms with Crippen LogP contribution in [0.15, 0.2) is 12.5 Å². The molecular weight excluding hydrogens is 442 g/mol. The van der Waals surface area contributed by atoms with E-state index in [2.05, 4.69) is 20.6 Å². The van der Waals surface area contributed by atoms with Gasteiger partial charge in [-0.2, -0.15) is 0 Å². The maximum Gasteiger partial charge on any atom is 0.326 e. The molecule has 10 N–H and O–H groups in total. The molecule has 0 spiro atoms. The first-order valence-electron chi connectivity index (χ1n) is 9.77. The molecule has 1 aromatic heterocycles. The van der Waals surface area contributed by atoms with Gasteiger partial charge in [-0.3, -0.25) is 24.0 Å². The number of carbonyl (C=O) groups excluding carboxylic acids is 4. The second-order valence-corrected chi connectivity index (χ2v) is 7.18. The molecule has 0 bridgehead atoms. The Morgan fingerprint density at radius 2 is 1.67 bits per heavy atom. The van der Waals surface area contributed by atoms with Gasteiger partial charge in [0.25, 0.3) is 0 Å². The number of aromatic amines is 1. The Hall–Kier alpha value is -4.01. The number of aromatic nitrogens is 2. The Kier molecular flexibility index (Phi) is 10.4. The first-order chi connectivity index (χ1) is 15.4. The van der Waals surface area contributed by atoms with Gasteiger partial charge in [0, 0.05) is 24.7 Å². The van der Waals surface area contributed by atoms with E-state index in [1.54, 1.807) is 0 Å². The van der Waals surface area contributed by atoms with Crippen LogP contribution in [-0.4, -0.2) is 79.9 Å². The second kappa shape index (κ2) is 12.7. The van der Waals surface area contributed by atoms with Crippen LogP contribution in [0.4, 0.5) is 0 Å². The predicted molar refractivity (Wildman–Crippen MR) is 110 cm³/mol. The molecular formula is C18H27N7O8. The minimum Gasteiger partial charge on any atom is -0.481 e. The van der Waals surface area contributed by atoms with Crippen molar-refractivity contribution in [3.63, 3.8) is 0 Å². The van der Waals surface area contributed by atoms with E-state index in [0.29, 0.717) is 5.69 Å². The van der Waals surface area contributed by atoms with Crippen LogP contribution >= 0.6 is 0 Å². The summed E-state index contributed by atoms with van der Waals surface area (Å²) in [6.45, 7) is 1.23. The van der Waals surface area contributed by atoms with Gasteiger partial charge in [-0.05, 0) is 13.3 Å². The Bertz CT molecular complexity index is 873. The first kappa shape index (κ1) is 27.0. The summed E-state index contributed by atoms with van der Waals surface area (Å²) >= 11 is 0. The Labute approximate surface area is 187 Å². The largest absolute Gasteiger partial charge is 0.481 e. The molecule has 15 heteroatoms. The first-order valence-corrected chi connectivity index (χ1v) is 9.77. The van der Waals surface area contributed by atoms with Crippen LogP contribution in [-0.2, 0) is 35.2 Å². The van der Waals surface area contributed by atoms with Crippen molar-refractivity contribution < 1.29 is 39.0 Å². The van der Waals surface area contributed by atoms with Gasteiger partial charge in [-0.25, -0.2) is 9.78 Å². The van der Waals surface area contributed by atoms with Crippen molar-refractivity contribution in [2.75, 3.05) is 0 Å². The summed E-state index contributed by atoms with van der Waals surface area (Å²) in [5.74, 6) is -6.27. The maximum atomic E-state index is 12.6. The minimum absolute atomic E-state index is 0.0922. The maximum absolute atomic E-state index is 12.6. The van der Waals surface area contributed by atoms with Crippen LogP contribution in [0.25, 0.3) is 0 Å². The molecule has 182 valence electrons. The van der Waals surface area contributed by atoms with E-state index < -0.39 is 66.2 Å². The van der Waals surface area contributed by atoms with E-state index in [1.807, 2.05) is 5.32 Å². The lowest BCUT2D eigenvalue weighted by atomic mass is 10.1. The molecule has 15 nitrogen and oxygen atoms in total. The molecule has 0 radical (unpaired) electrons. The molecule has 4 amide bonds. The molecule has 0 saturated carbocycles. The standard InChI is InChI=1S/C18H27N7O8/c1-8(15(29)25-12(18(32)33)5-14(27)28)23-17(31)11(2-3-13(20)26)24-16(30)10(19)4-9-6-21-7-22-9/h6-8,10-12H,2-5,19H2,1H3,(H2,20,26)(H,21,22)(H,23,31)(H,24,30)(H,25,29)(H,27,28)(H,32,33). The molecule has 33 heavy (non-hydrogen) atoms. The fourth-order valence-corrected chi connectivity index (χ4v) is 2.61. The highest BCUT2D eigenvalue weighted by molar-refractivity contribution is 5.94. The number of nitrogens with zero attached hydrogens (tertiary/aromatic N) is 1. The van der Waals surface area contributed by atoms with Crippen molar-refractivity contribution in [1.82, 2.24) is 25.9 Å². The molecule has 4 atom stereocenters. The number of carbonyl (C=O) groups is 6. The highest BCUT2D eigenvalue weighted by Gasteiger charge is 2.29. The summed E-state index contributed by atoms with van der Waals surface area (Å²) in [5, 5.41) is 24.4. The van der Waals surface area contributed by atoms with Crippen LogP contribution in [0, 0.1) is 0 Å². The highest BCUT2D eigenvalue weighted by Crippen LogP contribution is 2.02. The topological polar surface area (TPSA) is 260 Å². The average Bonchev–Trinajstić information content (AvgIpc) is 3.22. The Morgan fingerprint density at radius 3 is 2.18 bits per heavy atom. The molecule has 1 heterocycles. The Balaban J connectivity index is 2.78. The Morgan fingerprint density at radius 1 is 1.03 bits per heavy atom. The van der Waals surface area contributed by atoms with E-state index in [1.165, 1.54) is 19.4 Å². The van der Waals surface area contributed by atoms with E-state index in [-0.39, 0.29) is 19.3 Å². The number of hydrogen-bond acceptors (Lipinski definition) is 8. The van der Waals surface area contributed by atoms with Gasteiger partial charge in [0.15, 0.2) is 0 Å². The summed E-state index contributed by atoms with van der Waals surface area (Å²) in [5.41, 5.74) is 11.5. The molecule has 0 fully saturated rings. The van der Waals surface area contributed by atoms with E-state index in [4.69, 9.17) is 21.7 Å². The van der Waals surface area contributed by atoms with Gasteiger partial charge in [0.05, 0.1) is 18.8 Å². The fraction of sp³-hybridized carbons (Fsp3) is 0.500. The number of primary amides is 1. The van der Waals surface area contributed by atoms with Crippen molar-refractivity contribution >= 4 is 35.6 Å². The quantitative estimate of drug-likeness (QED) is 0.134. The zero-order valence-electron chi connectivity index (χ0n) is 17.7. The van der Waals surface area contributed by atoms with Crippen LogP contribution in [0.5, 0.6) is 0 Å². The number of carboxylic acids is 2.